The maximum absolute atomic E-state index is 3.46. The molecule has 2 aliphatic heterocycles. The van der Waals surface area contributed by atoms with Gasteiger partial charge in [-0.3, -0.25) is 4.90 Å². The molecule has 1 aromatic carbocycles. The topological polar surface area (TPSA) is 18.5 Å². The summed E-state index contributed by atoms with van der Waals surface area (Å²) < 4.78 is 0. The van der Waals surface area contributed by atoms with Crippen molar-refractivity contribution in [3.8, 4) is 0 Å². The summed E-state index contributed by atoms with van der Waals surface area (Å²) in [5.74, 6) is 0. The molecule has 0 aliphatic carbocycles. The van der Waals surface area contributed by atoms with Crippen LogP contribution in [0.15, 0.2) is 30.3 Å². The third-order valence-electron chi connectivity index (χ3n) is 4.79. The van der Waals surface area contributed by atoms with Gasteiger partial charge in [0.2, 0.25) is 0 Å². The van der Waals surface area contributed by atoms with Crippen molar-refractivity contribution in [3.05, 3.63) is 35.9 Å². The van der Waals surface area contributed by atoms with E-state index in [1.807, 2.05) is 0 Å². The predicted octanol–water partition coefficient (Wildman–Crippen LogP) is 1.60. The quantitative estimate of drug-likeness (QED) is 0.899. The fourth-order valence-corrected chi connectivity index (χ4v) is 3.46. The molecule has 0 aromatic heterocycles. The van der Waals surface area contributed by atoms with E-state index in [0.717, 1.165) is 6.04 Å². The van der Waals surface area contributed by atoms with Crippen molar-refractivity contribution >= 4 is 0 Å². The van der Waals surface area contributed by atoms with Crippen molar-refractivity contribution in [1.82, 2.24) is 15.1 Å². The average molecular weight is 273 g/mol. The lowest BCUT2D eigenvalue weighted by Crippen LogP contribution is -2.52. The summed E-state index contributed by atoms with van der Waals surface area (Å²) in [7, 11) is 0. The summed E-state index contributed by atoms with van der Waals surface area (Å²) >= 11 is 0. The second-order valence-corrected chi connectivity index (χ2v) is 6.09. The van der Waals surface area contributed by atoms with Gasteiger partial charge < -0.3 is 10.2 Å². The smallest absolute Gasteiger partial charge is 0.0120 e. The normalized spacial score (nSPS) is 23.0. The fraction of sp³-hybridized carbons (Fsp3) is 0.647. The SMILES string of the molecule is c1ccc(CCN2CCN(C3CCNCC3)CC2)cc1. The molecule has 3 nitrogen and oxygen atoms in total. The van der Waals surface area contributed by atoms with Crippen LogP contribution in [-0.4, -0.2) is 61.7 Å². The van der Waals surface area contributed by atoms with Crippen LogP contribution < -0.4 is 5.32 Å². The predicted molar refractivity (Wildman–Crippen MR) is 84.1 cm³/mol. The number of piperidine rings is 1. The number of nitrogens with zero attached hydrogens (tertiary/aromatic N) is 2. The third kappa shape index (κ3) is 3.81. The monoisotopic (exact) mass is 273 g/mol. The lowest BCUT2D eigenvalue weighted by molar-refractivity contribution is 0.0826. The molecule has 110 valence electrons. The molecule has 0 atom stereocenters. The van der Waals surface area contributed by atoms with E-state index in [9.17, 15) is 0 Å². The standard InChI is InChI=1S/C17H27N3/c1-2-4-16(5-3-1)8-11-19-12-14-20(15-13-19)17-6-9-18-10-7-17/h1-5,17-18H,6-15H2. The molecule has 1 aromatic rings. The largest absolute Gasteiger partial charge is 0.317 e. The second kappa shape index (κ2) is 7.21. The maximum atomic E-state index is 3.46. The Hall–Kier alpha value is -0.900. The first-order valence-corrected chi connectivity index (χ1v) is 8.13. The molecule has 0 unspecified atom stereocenters. The third-order valence-corrected chi connectivity index (χ3v) is 4.79. The van der Waals surface area contributed by atoms with Crippen LogP contribution in [0.5, 0.6) is 0 Å². The van der Waals surface area contributed by atoms with E-state index < -0.39 is 0 Å². The number of piperazine rings is 1. The van der Waals surface area contributed by atoms with Crippen molar-refractivity contribution < 1.29 is 0 Å². The Balaban J connectivity index is 1.40. The van der Waals surface area contributed by atoms with E-state index in [0.29, 0.717) is 0 Å². The van der Waals surface area contributed by atoms with Gasteiger partial charge in [-0.2, -0.15) is 0 Å². The summed E-state index contributed by atoms with van der Waals surface area (Å²) in [5, 5.41) is 3.46. The maximum Gasteiger partial charge on any atom is 0.0120 e. The first-order valence-electron chi connectivity index (χ1n) is 8.13. The molecule has 2 fully saturated rings. The van der Waals surface area contributed by atoms with Gasteiger partial charge in [-0.1, -0.05) is 30.3 Å². The van der Waals surface area contributed by atoms with E-state index >= 15 is 0 Å². The molecule has 2 heterocycles. The van der Waals surface area contributed by atoms with E-state index in [1.54, 1.807) is 0 Å². The van der Waals surface area contributed by atoms with E-state index in [-0.39, 0.29) is 0 Å². The van der Waals surface area contributed by atoms with Crippen molar-refractivity contribution in [1.29, 1.82) is 0 Å². The molecule has 3 rings (SSSR count). The second-order valence-electron chi connectivity index (χ2n) is 6.09. The van der Waals surface area contributed by atoms with E-state index in [1.165, 1.54) is 70.6 Å². The zero-order chi connectivity index (χ0) is 13.6. The van der Waals surface area contributed by atoms with Crippen molar-refractivity contribution in [2.45, 2.75) is 25.3 Å². The summed E-state index contributed by atoms with van der Waals surface area (Å²) in [6.07, 6.45) is 3.86. The first-order chi connectivity index (χ1) is 9.92. The highest BCUT2D eigenvalue weighted by molar-refractivity contribution is 5.14. The van der Waals surface area contributed by atoms with Crippen LogP contribution >= 0.6 is 0 Å². The highest BCUT2D eigenvalue weighted by atomic mass is 15.3. The lowest BCUT2D eigenvalue weighted by Gasteiger charge is -2.40. The molecule has 1 N–H and O–H groups in total. The Morgan fingerprint density at radius 2 is 1.65 bits per heavy atom. The van der Waals surface area contributed by atoms with Gasteiger partial charge in [0.1, 0.15) is 0 Å². The minimum atomic E-state index is 0.840. The van der Waals surface area contributed by atoms with Crippen LogP contribution in [0.2, 0.25) is 0 Å². The molecule has 2 aliphatic rings. The Bertz CT molecular complexity index is 378. The average Bonchev–Trinajstić information content (AvgIpc) is 2.55. The van der Waals surface area contributed by atoms with Gasteiger partial charge in [-0.25, -0.2) is 0 Å². The zero-order valence-electron chi connectivity index (χ0n) is 12.4. The van der Waals surface area contributed by atoms with Crippen molar-refractivity contribution in [2.75, 3.05) is 45.8 Å². The summed E-state index contributed by atoms with van der Waals surface area (Å²) in [6, 6.07) is 11.7. The van der Waals surface area contributed by atoms with E-state index in [2.05, 4.69) is 45.4 Å². The van der Waals surface area contributed by atoms with Crippen LogP contribution in [0.3, 0.4) is 0 Å². The lowest BCUT2D eigenvalue weighted by atomic mass is 10.0. The van der Waals surface area contributed by atoms with Gasteiger partial charge in [0, 0.05) is 38.8 Å². The van der Waals surface area contributed by atoms with Crippen molar-refractivity contribution in [3.63, 3.8) is 0 Å². The van der Waals surface area contributed by atoms with Gasteiger partial charge in [-0.05, 0) is 37.9 Å². The summed E-state index contributed by atoms with van der Waals surface area (Å²) in [4.78, 5) is 5.35. The van der Waals surface area contributed by atoms with Gasteiger partial charge in [0.05, 0.1) is 0 Å². The molecule has 0 bridgehead atoms. The first kappa shape index (κ1) is 14.1. The summed E-state index contributed by atoms with van der Waals surface area (Å²) in [6.45, 7) is 8.65. The molecule has 20 heavy (non-hydrogen) atoms. The number of benzene rings is 1. The minimum Gasteiger partial charge on any atom is -0.317 e. The zero-order valence-corrected chi connectivity index (χ0v) is 12.4. The van der Waals surface area contributed by atoms with Gasteiger partial charge in [0.25, 0.3) is 0 Å². The van der Waals surface area contributed by atoms with E-state index in [4.69, 9.17) is 0 Å². The molecule has 0 saturated carbocycles. The molecule has 3 heteroatoms. The number of nitrogens with one attached hydrogen (secondary N) is 1. The number of hydrogen-bond acceptors (Lipinski definition) is 3. The molecule has 2 saturated heterocycles. The fourth-order valence-electron chi connectivity index (χ4n) is 3.46. The number of rotatable bonds is 4. The van der Waals surface area contributed by atoms with Crippen LogP contribution in [0, 0.1) is 0 Å². The van der Waals surface area contributed by atoms with Crippen molar-refractivity contribution in [2.24, 2.45) is 0 Å². The van der Waals surface area contributed by atoms with Gasteiger partial charge in [-0.15, -0.1) is 0 Å². The van der Waals surface area contributed by atoms with Gasteiger partial charge >= 0.3 is 0 Å². The highest BCUT2D eigenvalue weighted by Gasteiger charge is 2.24. The highest BCUT2D eigenvalue weighted by Crippen LogP contribution is 2.14. The molecular weight excluding hydrogens is 246 g/mol. The molecule has 0 amide bonds. The number of hydrogen-bond donors (Lipinski definition) is 1. The molecular formula is C17H27N3. The molecule has 0 radical (unpaired) electrons. The summed E-state index contributed by atoms with van der Waals surface area (Å²) in [5.41, 5.74) is 1.47. The van der Waals surface area contributed by atoms with Crippen LogP contribution in [0.25, 0.3) is 0 Å². The van der Waals surface area contributed by atoms with Gasteiger partial charge in [0.15, 0.2) is 0 Å². The Morgan fingerprint density at radius 3 is 2.35 bits per heavy atom. The van der Waals surface area contributed by atoms with Crippen LogP contribution in [0.4, 0.5) is 0 Å². The van der Waals surface area contributed by atoms with Crippen LogP contribution in [-0.2, 0) is 6.42 Å². The Kier molecular flexibility index (Phi) is 5.06. The Labute approximate surface area is 123 Å². The Morgan fingerprint density at radius 1 is 0.950 bits per heavy atom. The van der Waals surface area contributed by atoms with Crippen LogP contribution in [0.1, 0.15) is 18.4 Å². The molecule has 0 spiro atoms. The minimum absolute atomic E-state index is 0.840.